The van der Waals surface area contributed by atoms with Gasteiger partial charge in [0, 0.05) is 13.2 Å². The van der Waals surface area contributed by atoms with Crippen molar-refractivity contribution in [3.63, 3.8) is 0 Å². The lowest BCUT2D eigenvalue weighted by Crippen LogP contribution is -2.22. The van der Waals surface area contributed by atoms with E-state index in [0.29, 0.717) is 5.69 Å². The van der Waals surface area contributed by atoms with Crippen LogP contribution in [0.5, 0.6) is 0 Å². The van der Waals surface area contributed by atoms with Crippen LogP contribution in [-0.4, -0.2) is 20.5 Å². The molecule has 1 aliphatic carbocycles. The van der Waals surface area contributed by atoms with Crippen LogP contribution in [0.3, 0.4) is 0 Å². The molecule has 0 bridgehead atoms. The highest BCUT2D eigenvalue weighted by atomic mass is 16.1. The van der Waals surface area contributed by atoms with Gasteiger partial charge in [0.2, 0.25) is 0 Å². The van der Waals surface area contributed by atoms with E-state index in [4.69, 9.17) is 0 Å². The topological polar surface area (TPSA) is 47.8 Å². The fourth-order valence-electron chi connectivity index (χ4n) is 2.88. The van der Waals surface area contributed by atoms with Crippen molar-refractivity contribution in [3.8, 4) is 0 Å². The van der Waals surface area contributed by atoms with E-state index < -0.39 is 0 Å². The van der Waals surface area contributed by atoms with Gasteiger partial charge in [0.1, 0.15) is 5.69 Å². The van der Waals surface area contributed by atoms with Gasteiger partial charge in [-0.3, -0.25) is 14.5 Å². The van der Waals surface area contributed by atoms with Crippen LogP contribution < -0.4 is 0 Å². The zero-order chi connectivity index (χ0) is 13.4. The smallest absolute Gasteiger partial charge is 0.189 e. The second kappa shape index (κ2) is 4.61. The Balaban J connectivity index is 2.00. The molecule has 0 saturated heterocycles. The lowest BCUT2D eigenvalue weighted by molar-refractivity contribution is 0.0939. The number of pyridine rings is 1. The predicted octanol–water partition coefficient (Wildman–Crippen LogP) is 2.43. The third-order valence-electron chi connectivity index (χ3n) is 3.77. The summed E-state index contributed by atoms with van der Waals surface area (Å²) in [7, 11) is 1.82. The quantitative estimate of drug-likeness (QED) is 0.774. The molecule has 1 aliphatic rings. The maximum atomic E-state index is 12.7. The minimum Gasteiger partial charge on any atom is -0.292 e. The van der Waals surface area contributed by atoms with Gasteiger partial charge in [-0.05, 0) is 43.9 Å². The molecular weight excluding hydrogens is 238 g/mol. The molecule has 1 unspecified atom stereocenters. The molecule has 0 aliphatic heterocycles. The van der Waals surface area contributed by atoms with Gasteiger partial charge in [0.25, 0.3) is 0 Å². The van der Waals surface area contributed by atoms with Gasteiger partial charge >= 0.3 is 0 Å². The van der Waals surface area contributed by atoms with Gasteiger partial charge in [-0.15, -0.1) is 0 Å². The van der Waals surface area contributed by atoms with Crippen LogP contribution in [0.15, 0.2) is 24.4 Å². The summed E-state index contributed by atoms with van der Waals surface area (Å²) in [6, 6.07) is 5.88. The first-order valence-electron chi connectivity index (χ1n) is 6.65. The standard InChI is InChI=1S/C15H17N3O/c1-10-9-13(18(2)17-10)15(19)12-7-3-5-11-6-4-8-16-14(11)12/h4,6,8-9,12H,3,5,7H2,1-2H3. The molecular formula is C15H17N3O. The minimum atomic E-state index is -0.111. The van der Waals surface area contributed by atoms with Crippen LogP contribution in [0.25, 0.3) is 0 Å². The number of fused-ring (bicyclic) bond motifs is 1. The number of nitrogens with zero attached hydrogens (tertiary/aromatic N) is 3. The second-order valence-electron chi connectivity index (χ2n) is 5.15. The maximum Gasteiger partial charge on any atom is 0.189 e. The van der Waals surface area contributed by atoms with E-state index >= 15 is 0 Å². The Kier molecular flexibility index (Phi) is 2.93. The van der Waals surface area contributed by atoms with E-state index in [0.717, 1.165) is 30.7 Å². The average molecular weight is 255 g/mol. The largest absolute Gasteiger partial charge is 0.292 e. The predicted molar refractivity (Wildman–Crippen MR) is 72.2 cm³/mol. The van der Waals surface area contributed by atoms with E-state index in [-0.39, 0.29) is 11.7 Å². The van der Waals surface area contributed by atoms with E-state index in [1.54, 1.807) is 10.9 Å². The van der Waals surface area contributed by atoms with Crippen LogP contribution in [0.4, 0.5) is 0 Å². The lowest BCUT2D eigenvalue weighted by atomic mass is 9.83. The average Bonchev–Trinajstić information content (AvgIpc) is 2.76. The number of aromatic nitrogens is 3. The Hall–Kier alpha value is -1.97. The molecule has 0 saturated carbocycles. The molecule has 3 rings (SSSR count). The highest BCUT2D eigenvalue weighted by molar-refractivity contribution is 5.99. The molecule has 0 fully saturated rings. The number of aryl methyl sites for hydroxylation is 3. The van der Waals surface area contributed by atoms with Crippen LogP contribution in [0.2, 0.25) is 0 Å². The van der Waals surface area contributed by atoms with Crippen molar-refractivity contribution in [3.05, 3.63) is 47.0 Å². The summed E-state index contributed by atoms with van der Waals surface area (Å²) in [6.45, 7) is 1.91. The summed E-state index contributed by atoms with van der Waals surface area (Å²) in [4.78, 5) is 17.1. The highest BCUT2D eigenvalue weighted by Gasteiger charge is 2.30. The summed E-state index contributed by atoms with van der Waals surface area (Å²) >= 11 is 0. The molecule has 98 valence electrons. The van der Waals surface area contributed by atoms with Gasteiger partial charge in [0.15, 0.2) is 5.78 Å². The third kappa shape index (κ3) is 2.07. The number of carbonyl (C=O) groups is 1. The number of ketones is 1. The molecule has 19 heavy (non-hydrogen) atoms. The van der Waals surface area contributed by atoms with Crippen molar-refractivity contribution in [2.75, 3.05) is 0 Å². The van der Waals surface area contributed by atoms with E-state index in [2.05, 4.69) is 16.1 Å². The molecule has 2 aromatic rings. The van der Waals surface area contributed by atoms with Crippen LogP contribution in [0.1, 0.15) is 46.2 Å². The fraction of sp³-hybridized carbons (Fsp3) is 0.400. The first-order chi connectivity index (χ1) is 9.16. The Morgan fingerprint density at radius 3 is 3.05 bits per heavy atom. The summed E-state index contributed by atoms with van der Waals surface area (Å²) in [5, 5.41) is 4.26. The molecule has 4 heteroatoms. The normalized spacial score (nSPS) is 18.1. The van der Waals surface area contributed by atoms with Crippen molar-refractivity contribution in [2.24, 2.45) is 7.05 Å². The Morgan fingerprint density at radius 2 is 2.32 bits per heavy atom. The Morgan fingerprint density at radius 1 is 1.47 bits per heavy atom. The number of rotatable bonds is 2. The van der Waals surface area contributed by atoms with Crippen LogP contribution >= 0.6 is 0 Å². The van der Waals surface area contributed by atoms with Gasteiger partial charge in [-0.1, -0.05) is 6.07 Å². The van der Waals surface area contributed by atoms with Crippen LogP contribution in [-0.2, 0) is 13.5 Å². The third-order valence-corrected chi connectivity index (χ3v) is 3.77. The van der Waals surface area contributed by atoms with Gasteiger partial charge < -0.3 is 0 Å². The van der Waals surface area contributed by atoms with Crippen molar-refractivity contribution >= 4 is 5.78 Å². The first-order valence-corrected chi connectivity index (χ1v) is 6.65. The number of Topliss-reactive ketones (excluding diaryl/α,β-unsaturated/α-hetero) is 1. The van der Waals surface area contributed by atoms with Gasteiger partial charge in [-0.25, -0.2) is 0 Å². The zero-order valence-corrected chi connectivity index (χ0v) is 11.3. The number of carbonyl (C=O) groups excluding carboxylic acids is 1. The zero-order valence-electron chi connectivity index (χ0n) is 11.3. The summed E-state index contributed by atoms with van der Waals surface area (Å²) in [5.74, 6) is 0.0301. The van der Waals surface area contributed by atoms with Gasteiger partial charge in [0.05, 0.1) is 17.3 Å². The molecule has 1 atom stereocenters. The van der Waals surface area contributed by atoms with Crippen molar-refractivity contribution in [1.29, 1.82) is 0 Å². The molecule has 0 N–H and O–H groups in total. The molecule has 2 heterocycles. The fourth-order valence-corrected chi connectivity index (χ4v) is 2.88. The molecule has 0 amide bonds. The van der Waals surface area contributed by atoms with Gasteiger partial charge in [-0.2, -0.15) is 5.10 Å². The SMILES string of the molecule is Cc1cc(C(=O)C2CCCc3cccnc32)n(C)n1. The van der Waals surface area contributed by atoms with Crippen molar-refractivity contribution in [1.82, 2.24) is 14.8 Å². The van der Waals surface area contributed by atoms with E-state index in [9.17, 15) is 4.79 Å². The molecule has 0 spiro atoms. The highest BCUT2D eigenvalue weighted by Crippen LogP contribution is 2.32. The summed E-state index contributed by atoms with van der Waals surface area (Å²) < 4.78 is 1.68. The molecule has 2 aromatic heterocycles. The minimum absolute atomic E-state index is 0.111. The van der Waals surface area contributed by atoms with E-state index in [1.807, 2.05) is 26.1 Å². The lowest BCUT2D eigenvalue weighted by Gasteiger charge is -2.22. The molecule has 0 aromatic carbocycles. The Labute approximate surface area is 112 Å². The van der Waals surface area contributed by atoms with Crippen molar-refractivity contribution < 1.29 is 4.79 Å². The number of hydrogen-bond donors (Lipinski definition) is 0. The first kappa shape index (κ1) is 12.1. The number of hydrogen-bond acceptors (Lipinski definition) is 3. The summed E-state index contributed by atoms with van der Waals surface area (Å²) in [5.41, 5.74) is 3.73. The molecule has 0 radical (unpaired) electrons. The Bertz CT molecular complexity index is 630. The van der Waals surface area contributed by atoms with E-state index in [1.165, 1.54) is 5.56 Å². The van der Waals surface area contributed by atoms with Crippen LogP contribution in [0, 0.1) is 6.92 Å². The van der Waals surface area contributed by atoms with Crippen molar-refractivity contribution in [2.45, 2.75) is 32.1 Å². The monoisotopic (exact) mass is 255 g/mol. The summed E-state index contributed by atoms with van der Waals surface area (Å²) in [6.07, 6.45) is 4.73. The second-order valence-corrected chi connectivity index (χ2v) is 5.15. The molecule has 4 nitrogen and oxygen atoms in total. The maximum absolute atomic E-state index is 12.7.